The molecule has 1 atom stereocenters. The summed E-state index contributed by atoms with van der Waals surface area (Å²) in [5, 5.41) is 11.4. The van der Waals surface area contributed by atoms with Crippen molar-refractivity contribution in [1.29, 1.82) is 0 Å². The Bertz CT molecular complexity index is 2560. The summed E-state index contributed by atoms with van der Waals surface area (Å²) in [4.78, 5) is 4.42. The molecular formula is C47H34N2. The largest absolute Gasteiger partial charge is 0.379 e. The van der Waals surface area contributed by atoms with Crippen LogP contribution in [-0.2, 0) is 0 Å². The summed E-state index contributed by atoms with van der Waals surface area (Å²) >= 11 is 0. The predicted molar refractivity (Wildman–Crippen MR) is 208 cm³/mol. The first-order valence-corrected chi connectivity index (χ1v) is 16.9. The zero-order valence-corrected chi connectivity index (χ0v) is 27.3. The minimum Gasteiger partial charge on any atom is -0.379 e. The molecule has 2 nitrogen and oxygen atoms in total. The Morgan fingerprint density at radius 1 is 0.449 bits per heavy atom. The Labute approximate surface area is 286 Å². The summed E-state index contributed by atoms with van der Waals surface area (Å²) in [6.07, 6.45) is 10.2. The minimum absolute atomic E-state index is 0.275. The number of benzene rings is 7. The lowest BCUT2D eigenvalue weighted by atomic mass is 9.89. The lowest BCUT2D eigenvalue weighted by Crippen LogP contribution is -2.24. The molecule has 2 heterocycles. The Kier molecular flexibility index (Phi) is 7.13. The van der Waals surface area contributed by atoms with Gasteiger partial charge in [-0.15, -0.1) is 0 Å². The maximum atomic E-state index is 4.42. The van der Waals surface area contributed by atoms with Gasteiger partial charge in [0.2, 0.25) is 0 Å². The van der Waals surface area contributed by atoms with Gasteiger partial charge in [0.05, 0.1) is 0 Å². The van der Waals surface area contributed by atoms with Crippen LogP contribution in [0.25, 0.3) is 82.5 Å². The van der Waals surface area contributed by atoms with Gasteiger partial charge in [-0.1, -0.05) is 121 Å². The third-order valence-electron chi connectivity index (χ3n) is 9.77. The normalized spacial score (nSPS) is 14.2. The van der Waals surface area contributed by atoms with Crippen molar-refractivity contribution in [3.8, 4) is 44.5 Å². The first kappa shape index (κ1) is 28.9. The molecule has 2 heteroatoms. The maximum Gasteiger partial charge on any atom is 0.0419 e. The maximum absolute atomic E-state index is 4.42. The number of pyridine rings is 1. The van der Waals surface area contributed by atoms with Crippen LogP contribution in [-0.4, -0.2) is 11.0 Å². The predicted octanol–water partition coefficient (Wildman–Crippen LogP) is 12.1. The van der Waals surface area contributed by atoms with E-state index in [4.69, 9.17) is 0 Å². The summed E-state index contributed by atoms with van der Waals surface area (Å²) in [5.41, 5.74) is 11.7. The molecule has 0 amide bonds. The van der Waals surface area contributed by atoms with E-state index in [0.717, 1.165) is 22.4 Å². The SMILES string of the molecule is CC1C=CC=C(c2cc(-c3cccnc3)cc(-c3cccc(-c4ccccc4-c4ccc5c6ccccc6c6ccccc6c5c4)c3)c2)N1. The quantitative estimate of drug-likeness (QED) is 0.192. The molecule has 49 heavy (non-hydrogen) atoms. The van der Waals surface area contributed by atoms with E-state index >= 15 is 0 Å². The Morgan fingerprint density at radius 2 is 1.00 bits per heavy atom. The third-order valence-corrected chi connectivity index (χ3v) is 9.77. The number of hydrogen-bond donors (Lipinski definition) is 1. The zero-order chi connectivity index (χ0) is 32.7. The van der Waals surface area contributed by atoms with Gasteiger partial charge in [0.25, 0.3) is 0 Å². The molecule has 232 valence electrons. The van der Waals surface area contributed by atoms with Crippen molar-refractivity contribution in [1.82, 2.24) is 10.3 Å². The van der Waals surface area contributed by atoms with Gasteiger partial charge in [0.1, 0.15) is 0 Å². The van der Waals surface area contributed by atoms with Crippen molar-refractivity contribution in [2.45, 2.75) is 13.0 Å². The van der Waals surface area contributed by atoms with Gasteiger partial charge in [0.15, 0.2) is 0 Å². The molecule has 0 saturated carbocycles. The number of hydrogen-bond acceptors (Lipinski definition) is 2. The molecule has 1 aliphatic heterocycles. The molecule has 0 spiro atoms. The van der Waals surface area contributed by atoms with Gasteiger partial charge in [-0.3, -0.25) is 4.98 Å². The Morgan fingerprint density at radius 3 is 1.67 bits per heavy atom. The summed E-state index contributed by atoms with van der Waals surface area (Å²) in [5.74, 6) is 0. The van der Waals surface area contributed by atoms with Gasteiger partial charge >= 0.3 is 0 Å². The van der Waals surface area contributed by atoms with E-state index in [1.807, 2.05) is 18.5 Å². The zero-order valence-electron chi connectivity index (χ0n) is 27.3. The van der Waals surface area contributed by atoms with Gasteiger partial charge in [-0.2, -0.15) is 0 Å². The molecule has 8 aromatic rings. The van der Waals surface area contributed by atoms with Crippen LogP contribution in [0.2, 0.25) is 0 Å². The molecule has 1 aromatic heterocycles. The number of nitrogens with one attached hydrogen (secondary N) is 1. The van der Waals surface area contributed by atoms with E-state index in [0.29, 0.717) is 0 Å². The second-order valence-corrected chi connectivity index (χ2v) is 12.9. The smallest absolute Gasteiger partial charge is 0.0419 e. The van der Waals surface area contributed by atoms with Crippen molar-refractivity contribution >= 4 is 38.0 Å². The first-order valence-electron chi connectivity index (χ1n) is 16.9. The van der Waals surface area contributed by atoms with Gasteiger partial charge in [0, 0.05) is 29.7 Å². The second kappa shape index (κ2) is 12.1. The van der Waals surface area contributed by atoms with Crippen LogP contribution in [0.1, 0.15) is 12.5 Å². The van der Waals surface area contributed by atoms with E-state index in [2.05, 4.69) is 175 Å². The molecule has 1 N–H and O–H groups in total. The van der Waals surface area contributed by atoms with Crippen molar-refractivity contribution in [2.24, 2.45) is 0 Å². The van der Waals surface area contributed by atoms with Crippen LogP contribution in [0.3, 0.4) is 0 Å². The van der Waals surface area contributed by atoms with Crippen molar-refractivity contribution < 1.29 is 0 Å². The highest BCUT2D eigenvalue weighted by molar-refractivity contribution is 6.25. The van der Waals surface area contributed by atoms with E-state index in [9.17, 15) is 0 Å². The number of aromatic nitrogens is 1. The summed E-state index contributed by atoms with van der Waals surface area (Å²) in [7, 11) is 0. The number of dihydropyridines is 1. The molecule has 0 fully saturated rings. The Balaban J connectivity index is 1.18. The van der Waals surface area contributed by atoms with Crippen LogP contribution in [0, 0.1) is 0 Å². The average molecular weight is 627 g/mol. The first-order chi connectivity index (χ1) is 24.2. The number of fused-ring (bicyclic) bond motifs is 6. The van der Waals surface area contributed by atoms with Gasteiger partial charge in [-0.25, -0.2) is 0 Å². The number of rotatable bonds is 5. The molecule has 7 aromatic carbocycles. The van der Waals surface area contributed by atoms with E-state index in [1.54, 1.807) is 0 Å². The monoisotopic (exact) mass is 626 g/mol. The molecule has 0 aliphatic carbocycles. The van der Waals surface area contributed by atoms with Crippen LogP contribution in [0.5, 0.6) is 0 Å². The van der Waals surface area contributed by atoms with Crippen LogP contribution < -0.4 is 5.32 Å². The topological polar surface area (TPSA) is 24.9 Å². The average Bonchev–Trinajstić information content (AvgIpc) is 3.18. The highest BCUT2D eigenvalue weighted by Gasteiger charge is 2.15. The Hall–Kier alpha value is -6.25. The fraction of sp³-hybridized carbons (Fsp3) is 0.0426. The summed E-state index contributed by atoms with van der Waals surface area (Å²) in [6, 6.07) is 53.5. The lowest BCUT2D eigenvalue weighted by molar-refractivity contribution is 0.778. The lowest BCUT2D eigenvalue weighted by Gasteiger charge is -2.20. The van der Waals surface area contributed by atoms with Gasteiger partial charge < -0.3 is 5.32 Å². The van der Waals surface area contributed by atoms with Gasteiger partial charge in [-0.05, 0) is 126 Å². The fourth-order valence-electron chi connectivity index (χ4n) is 7.42. The third kappa shape index (κ3) is 5.28. The van der Waals surface area contributed by atoms with Crippen LogP contribution >= 0.6 is 0 Å². The molecule has 9 rings (SSSR count). The van der Waals surface area contributed by atoms with Crippen LogP contribution in [0.15, 0.2) is 176 Å². The highest BCUT2D eigenvalue weighted by Crippen LogP contribution is 2.40. The molecule has 0 saturated heterocycles. The second-order valence-electron chi connectivity index (χ2n) is 12.9. The standard InChI is InChI=1S/C47H34N2/c1-31-11-8-21-47(49-31)38-27-36(26-37(28-38)35-14-10-24-48-30-35)32-12-9-13-33(25-32)39-15-2-3-16-40(39)34-22-23-45-43-19-5-4-17-41(43)42-18-6-7-20-44(42)46(45)29-34/h2-31,49H,1H3. The summed E-state index contributed by atoms with van der Waals surface area (Å²) < 4.78 is 0. The van der Waals surface area contributed by atoms with Crippen molar-refractivity contribution in [2.75, 3.05) is 0 Å². The van der Waals surface area contributed by atoms with Crippen molar-refractivity contribution in [3.05, 3.63) is 182 Å². The van der Waals surface area contributed by atoms with E-state index < -0.39 is 0 Å². The highest BCUT2D eigenvalue weighted by atomic mass is 14.9. The fourth-order valence-corrected chi connectivity index (χ4v) is 7.42. The van der Waals surface area contributed by atoms with Crippen LogP contribution in [0.4, 0.5) is 0 Å². The number of nitrogens with zero attached hydrogens (tertiary/aromatic N) is 1. The summed E-state index contributed by atoms with van der Waals surface area (Å²) in [6.45, 7) is 2.18. The van der Waals surface area contributed by atoms with E-state index in [-0.39, 0.29) is 6.04 Å². The molecule has 0 bridgehead atoms. The van der Waals surface area contributed by atoms with E-state index in [1.165, 1.54) is 65.7 Å². The van der Waals surface area contributed by atoms with Crippen molar-refractivity contribution in [3.63, 3.8) is 0 Å². The molecule has 1 unspecified atom stereocenters. The number of allylic oxidation sites excluding steroid dienone is 2. The molecule has 0 radical (unpaired) electrons. The molecular weight excluding hydrogens is 593 g/mol. The minimum atomic E-state index is 0.275. The molecule has 1 aliphatic rings.